The van der Waals surface area contributed by atoms with E-state index in [-0.39, 0.29) is 29.6 Å². The van der Waals surface area contributed by atoms with Crippen LogP contribution in [0.5, 0.6) is 0 Å². The minimum Gasteiger partial charge on any atom is -0.465 e. The van der Waals surface area contributed by atoms with Crippen LogP contribution in [0, 0.1) is 23.7 Å². The Hall–Kier alpha value is -1.53. The van der Waals surface area contributed by atoms with Crippen molar-refractivity contribution in [3.8, 4) is 0 Å². The average molecular weight is 290 g/mol. The van der Waals surface area contributed by atoms with Gasteiger partial charge in [0.2, 0.25) is 0 Å². The zero-order valence-corrected chi connectivity index (χ0v) is 10.5. The number of carbonyl (C=O) groups is 2. The molecular weight excluding hydrogens is 277 g/mol. The summed E-state index contributed by atoms with van der Waals surface area (Å²) in [6, 6.07) is 0. The highest BCUT2D eigenvalue weighted by Crippen LogP contribution is 2.56. The van der Waals surface area contributed by atoms with Crippen LogP contribution in [0.25, 0.3) is 0 Å². The number of rotatable bonds is 2. The molecule has 0 radical (unpaired) electrons. The number of fused-ring (bicyclic) bond motifs is 5. The molecule has 3 aliphatic rings. The molecule has 1 aliphatic heterocycles. The predicted octanol–water partition coefficient (Wildman–Crippen LogP) is 1.85. The molecule has 3 rings (SSSR count). The van der Waals surface area contributed by atoms with Crippen molar-refractivity contribution in [1.29, 1.82) is 0 Å². The molecule has 0 amide bonds. The summed E-state index contributed by atoms with van der Waals surface area (Å²) < 4.78 is 47.0. The fraction of sp³-hybridized carbons (Fsp3) is 0.692. The second-order valence-corrected chi connectivity index (χ2v) is 5.64. The van der Waals surface area contributed by atoms with Crippen molar-refractivity contribution in [3.63, 3.8) is 0 Å². The zero-order valence-electron chi connectivity index (χ0n) is 10.5. The van der Waals surface area contributed by atoms with Crippen LogP contribution in [0.2, 0.25) is 0 Å². The lowest BCUT2D eigenvalue weighted by Gasteiger charge is -2.28. The van der Waals surface area contributed by atoms with Gasteiger partial charge in [0.15, 0.2) is 0 Å². The van der Waals surface area contributed by atoms with Gasteiger partial charge in [-0.15, -0.1) is 0 Å². The minimum atomic E-state index is -4.79. The molecule has 7 heteroatoms. The number of halogens is 3. The maximum absolute atomic E-state index is 12.4. The first-order chi connectivity index (χ1) is 9.29. The molecule has 0 N–H and O–H groups in total. The zero-order chi connectivity index (χ0) is 14.7. The van der Waals surface area contributed by atoms with Crippen molar-refractivity contribution in [1.82, 2.24) is 0 Å². The van der Waals surface area contributed by atoms with E-state index >= 15 is 0 Å². The fourth-order valence-corrected chi connectivity index (χ4v) is 3.73. The topological polar surface area (TPSA) is 52.6 Å². The van der Waals surface area contributed by atoms with Crippen LogP contribution in [0.4, 0.5) is 13.2 Å². The summed E-state index contributed by atoms with van der Waals surface area (Å²) in [5, 5.41) is 0. The number of carbonyl (C=O) groups excluding carboxylic acids is 2. The number of esters is 2. The standard InChI is InChI=1S/C13H13F3O4/c1-5(13(14,15)16)11(17)20-9-3-6-2-7(9)10-8(6)4-19-12(10)18/h6-10H,1-4H2. The maximum atomic E-state index is 12.4. The summed E-state index contributed by atoms with van der Waals surface area (Å²) in [6.07, 6.45) is -4.22. The Kier molecular flexibility index (Phi) is 2.85. The first-order valence-corrected chi connectivity index (χ1v) is 6.42. The van der Waals surface area contributed by atoms with Crippen molar-refractivity contribution in [2.75, 3.05) is 6.61 Å². The first kappa shape index (κ1) is 13.5. The number of alkyl halides is 3. The first-order valence-electron chi connectivity index (χ1n) is 6.42. The summed E-state index contributed by atoms with van der Waals surface area (Å²) in [6.45, 7) is 3.10. The average Bonchev–Trinajstić information content (AvgIpc) is 3.00. The molecule has 0 aromatic heterocycles. The lowest BCUT2D eigenvalue weighted by atomic mass is 9.80. The smallest absolute Gasteiger partial charge is 0.422 e. The van der Waals surface area contributed by atoms with E-state index in [0.29, 0.717) is 19.4 Å². The van der Waals surface area contributed by atoms with E-state index in [1.165, 1.54) is 0 Å². The summed E-state index contributed by atoms with van der Waals surface area (Å²) in [4.78, 5) is 23.0. The minimum absolute atomic E-state index is 0.133. The molecular formula is C13H13F3O4. The van der Waals surface area contributed by atoms with Crippen molar-refractivity contribution in [2.24, 2.45) is 23.7 Å². The van der Waals surface area contributed by atoms with Gasteiger partial charge < -0.3 is 9.47 Å². The van der Waals surface area contributed by atoms with Crippen LogP contribution in [-0.2, 0) is 19.1 Å². The fourth-order valence-electron chi connectivity index (χ4n) is 3.73. The molecule has 1 saturated heterocycles. The molecule has 0 aromatic carbocycles. The van der Waals surface area contributed by atoms with Gasteiger partial charge in [0, 0.05) is 11.8 Å². The van der Waals surface area contributed by atoms with E-state index in [2.05, 4.69) is 6.58 Å². The summed E-state index contributed by atoms with van der Waals surface area (Å²) in [5.41, 5.74) is -1.51. The lowest BCUT2D eigenvalue weighted by Crippen LogP contribution is -2.36. The summed E-state index contributed by atoms with van der Waals surface area (Å²) in [5.74, 6) is -1.99. The van der Waals surface area contributed by atoms with Crippen LogP contribution < -0.4 is 0 Å². The molecule has 4 nitrogen and oxygen atoms in total. The Morgan fingerprint density at radius 3 is 2.65 bits per heavy atom. The van der Waals surface area contributed by atoms with Crippen LogP contribution in [0.3, 0.4) is 0 Å². The highest BCUT2D eigenvalue weighted by molar-refractivity contribution is 5.89. The van der Waals surface area contributed by atoms with Crippen LogP contribution in [0.1, 0.15) is 12.8 Å². The SMILES string of the molecule is C=C(C(=O)OC1CC2CC1C1C(=O)OCC21)C(F)(F)F. The molecule has 3 fully saturated rings. The van der Waals surface area contributed by atoms with Gasteiger partial charge in [-0.1, -0.05) is 6.58 Å². The molecule has 110 valence electrons. The highest BCUT2D eigenvalue weighted by Gasteiger charge is 2.60. The van der Waals surface area contributed by atoms with Crippen molar-refractivity contribution in [3.05, 3.63) is 12.2 Å². The van der Waals surface area contributed by atoms with Gasteiger partial charge in [0.25, 0.3) is 0 Å². The van der Waals surface area contributed by atoms with E-state index in [1.807, 2.05) is 0 Å². The molecule has 0 spiro atoms. The van der Waals surface area contributed by atoms with Crippen LogP contribution in [0.15, 0.2) is 12.2 Å². The van der Waals surface area contributed by atoms with E-state index in [0.717, 1.165) is 0 Å². The van der Waals surface area contributed by atoms with Crippen LogP contribution in [-0.4, -0.2) is 30.8 Å². The van der Waals surface area contributed by atoms with Crippen LogP contribution >= 0.6 is 0 Å². The van der Waals surface area contributed by atoms with E-state index in [9.17, 15) is 22.8 Å². The molecule has 20 heavy (non-hydrogen) atoms. The van der Waals surface area contributed by atoms with Crippen molar-refractivity contribution < 1.29 is 32.2 Å². The maximum Gasteiger partial charge on any atom is 0.422 e. The Morgan fingerprint density at radius 2 is 2.00 bits per heavy atom. The predicted molar refractivity (Wildman–Crippen MR) is 59.2 cm³/mol. The lowest BCUT2D eigenvalue weighted by molar-refractivity contribution is -0.161. The van der Waals surface area contributed by atoms with Gasteiger partial charge in [-0.2, -0.15) is 13.2 Å². The van der Waals surface area contributed by atoms with Crippen molar-refractivity contribution >= 4 is 11.9 Å². The second-order valence-electron chi connectivity index (χ2n) is 5.64. The van der Waals surface area contributed by atoms with E-state index < -0.39 is 23.8 Å². The highest BCUT2D eigenvalue weighted by atomic mass is 19.4. The molecule has 1 heterocycles. The van der Waals surface area contributed by atoms with Gasteiger partial charge in [-0.3, -0.25) is 4.79 Å². The number of hydrogen-bond acceptors (Lipinski definition) is 4. The third-order valence-electron chi connectivity index (χ3n) is 4.65. The Labute approximate surface area is 112 Å². The number of ether oxygens (including phenoxy) is 2. The molecule has 5 unspecified atom stereocenters. The number of hydrogen-bond donors (Lipinski definition) is 0. The third kappa shape index (κ3) is 1.91. The number of cyclic esters (lactones) is 1. The van der Waals surface area contributed by atoms with Crippen molar-refractivity contribution in [2.45, 2.75) is 25.1 Å². The normalized spacial score (nSPS) is 38.5. The monoisotopic (exact) mass is 290 g/mol. The summed E-state index contributed by atoms with van der Waals surface area (Å²) in [7, 11) is 0. The van der Waals surface area contributed by atoms with Gasteiger partial charge in [-0.05, 0) is 18.8 Å². The van der Waals surface area contributed by atoms with Gasteiger partial charge in [0.1, 0.15) is 11.7 Å². The quantitative estimate of drug-likeness (QED) is 0.575. The van der Waals surface area contributed by atoms with Gasteiger partial charge in [0.05, 0.1) is 12.5 Å². The largest absolute Gasteiger partial charge is 0.465 e. The summed E-state index contributed by atoms with van der Waals surface area (Å²) >= 11 is 0. The molecule has 2 bridgehead atoms. The Bertz CT molecular complexity index is 484. The van der Waals surface area contributed by atoms with Gasteiger partial charge >= 0.3 is 18.1 Å². The van der Waals surface area contributed by atoms with Gasteiger partial charge in [-0.25, -0.2) is 4.79 Å². The Morgan fingerprint density at radius 1 is 1.30 bits per heavy atom. The molecule has 0 aromatic rings. The Balaban J connectivity index is 1.68. The third-order valence-corrected chi connectivity index (χ3v) is 4.65. The van der Waals surface area contributed by atoms with E-state index in [4.69, 9.17) is 9.47 Å². The molecule has 2 saturated carbocycles. The van der Waals surface area contributed by atoms with E-state index in [1.54, 1.807) is 0 Å². The molecule has 5 atom stereocenters. The molecule has 2 aliphatic carbocycles. The second kappa shape index (κ2) is 4.23.